The van der Waals surface area contributed by atoms with Gasteiger partial charge in [-0.2, -0.15) is 0 Å². The van der Waals surface area contributed by atoms with E-state index in [-0.39, 0.29) is 31.6 Å². The van der Waals surface area contributed by atoms with E-state index in [1.807, 2.05) is 6.08 Å². The summed E-state index contributed by atoms with van der Waals surface area (Å²) in [5, 5.41) is 0. The van der Waals surface area contributed by atoms with Crippen molar-refractivity contribution in [2.45, 2.75) is 303 Å². The molecule has 6 heteroatoms. The molecule has 0 radical (unpaired) electrons. The monoisotopic (exact) mass is 1130 g/mol. The second-order valence-corrected chi connectivity index (χ2v) is 22.0. The topological polar surface area (TPSA) is 78.9 Å². The number of rotatable bonds is 60. The summed E-state index contributed by atoms with van der Waals surface area (Å²) in [6, 6.07) is 0. The summed E-state index contributed by atoms with van der Waals surface area (Å²) in [4.78, 5) is 38.2. The van der Waals surface area contributed by atoms with E-state index in [1.54, 1.807) is 6.08 Å². The van der Waals surface area contributed by atoms with Gasteiger partial charge in [-0.1, -0.05) is 308 Å². The smallest absolute Gasteiger partial charge is 0.310 e. The Balaban J connectivity index is 4.21. The van der Waals surface area contributed by atoms with Crippen LogP contribution in [0.25, 0.3) is 0 Å². The van der Waals surface area contributed by atoms with Crippen LogP contribution in [0.2, 0.25) is 0 Å². The third kappa shape index (κ3) is 66.1. The van der Waals surface area contributed by atoms with E-state index >= 15 is 0 Å². The molecule has 0 N–H and O–H groups in total. The fourth-order valence-corrected chi connectivity index (χ4v) is 9.09. The molecule has 0 aromatic heterocycles. The van der Waals surface area contributed by atoms with E-state index in [9.17, 15) is 14.4 Å². The fraction of sp³-hybridized carbons (Fsp3) is 0.645. The van der Waals surface area contributed by atoms with Crippen LogP contribution in [-0.2, 0) is 28.6 Å². The SMILES string of the molecule is CC/C=C\C/C=C\C/C=C\C/C=C\C/C=C\CCCCCCCCCCCCCCCCCCCCCC(=O)OCC(COC(=O)CCCCCCC/C=C\C/C=C\CCCC)OC(=O)C/C=C\C/C=C\C/C=C\C/C=C\C/C=C\CC. The molecule has 82 heavy (non-hydrogen) atoms. The third-order valence-electron chi connectivity index (χ3n) is 14.1. The second kappa shape index (κ2) is 68.8. The Kier molecular flexibility index (Phi) is 64.8. The number of carbonyl (C=O) groups excluding carboxylic acids is 3. The predicted octanol–water partition coefficient (Wildman–Crippen LogP) is 23.5. The first-order valence-electron chi connectivity index (χ1n) is 33.8. The standard InChI is InChI=1S/C76H124O6/c1-4-7-10-13-16-19-22-25-28-29-30-31-32-33-34-35-36-37-38-39-40-41-42-43-44-45-46-47-49-51-54-57-60-63-66-69-75(78)81-72-73(71-80-74(77)68-65-62-59-56-53-50-27-24-21-18-15-12-9-6-3)82-76(79)70-67-64-61-58-55-52-48-26-23-20-17-14-11-8-5-2/h7-8,10-11,15-20,24-28,30-31,33-34,48,55,58,64,67,73H,4-6,9,12-14,21-23,29,32,35-47,49-54,56-57,59-63,65-66,68-72H2,1-3H3/b10-7-,11-8-,18-15-,19-16-,20-17-,27-24-,28-25-,31-30-,34-33-,48-26-,58-55-,67-64-. The minimum Gasteiger partial charge on any atom is -0.462 e. The Bertz CT molecular complexity index is 1780. The summed E-state index contributed by atoms with van der Waals surface area (Å²) < 4.78 is 16.8. The zero-order valence-electron chi connectivity index (χ0n) is 53.2. The second-order valence-electron chi connectivity index (χ2n) is 22.0. The number of carbonyl (C=O) groups is 3. The van der Waals surface area contributed by atoms with Crippen LogP contribution in [0.5, 0.6) is 0 Å². The van der Waals surface area contributed by atoms with Crippen molar-refractivity contribution >= 4 is 17.9 Å². The van der Waals surface area contributed by atoms with E-state index in [1.165, 1.54) is 128 Å². The van der Waals surface area contributed by atoms with Gasteiger partial charge in [-0.15, -0.1) is 0 Å². The van der Waals surface area contributed by atoms with Crippen molar-refractivity contribution < 1.29 is 28.6 Å². The highest BCUT2D eigenvalue weighted by Gasteiger charge is 2.19. The summed E-state index contributed by atoms with van der Waals surface area (Å²) >= 11 is 0. The van der Waals surface area contributed by atoms with Crippen LogP contribution < -0.4 is 0 Å². The van der Waals surface area contributed by atoms with Crippen LogP contribution in [0.4, 0.5) is 0 Å². The van der Waals surface area contributed by atoms with Crippen LogP contribution in [0.1, 0.15) is 297 Å². The largest absolute Gasteiger partial charge is 0.462 e. The van der Waals surface area contributed by atoms with Crippen LogP contribution in [0, 0.1) is 0 Å². The Hall–Kier alpha value is -4.71. The Labute approximate surface area is 506 Å². The number of hydrogen-bond donors (Lipinski definition) is 0. The lowest BCUT2D eigenvalue weighted by Gasteiger charge is -2.18. The molecule has 464 valence electrons. The molecule has 0 aromatic carbocycles. The molecule has 0 heterocycles. The molecule has 0 aromatic rings. The maximum Gasteiger partial charge on any atom is 0.310 e. The van der Waals surface area contributed by atoms with E-state index in [2.05, 4.69) is 154 Å². The fourth-order valence-electron chi connectivity index (χ4n) is 9.09. The minimum absolute atomic E-state index is 0.0906. The molecule has 0 saturated carbocycles. The van der Waals surface area contributed by atoms with Crippen LogP contribution >= 0.6 is 0 Å². The van der Waals surface area contributed by atoms with Gasteiger partial charge in [0.25, 0.3) is 0 Å². The van der Waals surface area contributed by atoms with Gasteiger partial charge in [-0.3, -0.25) is 14.4 Å². The Morgan fingerprint density at radius 2 is 0.512 bits per heavy atom. The summed E-state index contributed by atoms with van der Waals surface area (Å²) in [6.45, 7) is 6.28. The zero-order chi connectivity index (χ0) is 59.2. The number of ether oxygens (including phenoxy) is 3. The zero-order valence-corrected chi connectivity index (χ0v) is 53.2. The van der Waals surface area contributed by atoms with Gasteiger partial charge >= 0.3 is 17.9 Å². The molecule has 0 saturated heterocycles. The summed E-state index contributed by atoms with van der Waals surface area (Å²) in [6.07, 6.45) is 99.1. The molecule has 0 rings (SSSR count). The van der Waals surface area contributed by atoms with Crippen LogP contribution in [0.3, 0.4) is 0 Å². The maximum atomic E-state index is 12.8. The number of unbranched alkanes of at least 4 members (excludes halogenated alkanes) is 26. The summed E-state index contributed by atoms with van der Waals surface area (Å²) in [7, 11) is 0. The molecular formula is C76H124O6. The Morgan fingerprint density at radius 1 is 0.268 bits per heavy atom. The lowest BCUT2D eigenvalue weighted by Crippen LogP contribution is -2.30. The first-order valence-corrected chi connectivity index (χ1v) is 33.8. The third-order valence-corrected chi connectivity index (χ3v) is 14.1. The Morgan fingerprint density at radius 3 is 0.805 bits per heavy atom. The molecule has 1 unspecified atom stereocenters. The van der Waals surface area contributed by atoms with E-state index in [0.717, 1.165) is 122 Å². The van der Waals surface area contributed by atoms with Crippen molar-refractivity contribution in [2.75, 3.05) is 13.2 Å². The average Bonchev–Trinajstić information content (AvgIpc) is 3.48. The molecular weight excluding hydrogens is 1010 g/mol. The van der Waals surface area contributed by atoms with Crippen molar-refractivity contribution in [3.8, 4) is 0 Å². The normalized spacial score (nSPS) is 13.1. The molecule has 0 fully saturated rings. The van der Waals surface area contributed by atoms with Crippen LogP contribution in [0.15, 0.2) is 146 Å². The first-order chi connectivity index (χ1) is 40.5. The summed E-state index contributed by atoms with van der Waals surface area (Å²) in [5.74, 6) is -1.06. The number of hydrogen-bond acceptors (Lipinski definition) is 6. The van der Waals surface area contributed by atoms with Gasteiger partial charge in [-0.25, -0.2) is 0 Å². The highest BCUT2D eigenvalue weighted by atomic mass is 16.6. The molecule has 0 aliphatic rings. The highest BCUT2D eigenvalue weighted by Crippen LogP contribution is 2.16. The molecule has 0 spiro atoms. The molecule has 0 amide bonds. The van der Waals surface area contributed by atoms with Gasteiger partial charge < -0.3 is 14.2 Å². The van der Waals surface area contributed by atoms with Crippen molar-refractivity contribution in [3.63, 3.8) is 0 Å². The summed E-state index contributed by atoms with van der Waals surface area (Å²) in [5.41, 5.74) is 0. The van der Waals surface area contributed by atoms with Crippen molar-refractivity contribution in [2.24, 2.45) is 0 Å². The lowest BCUT2D eigenvalue weighted by atomic mass is 10.0. The van der Waals surface area contributed by atoms with Gasteiger partial charge in [0.1, 0.15) is 13.2 Å². The van der Waals surface area contributed by atoms with Crippen molar-refractivity contribution in [3.05, 3.63) is 146 Å². The van der Waals surface area contributed by atoms with Gasteiger partial charge in [0, 0.05) is 12.8 Å². The van der Waals surface area contributed by atoms with Gasteiger partial charge in [0.05, 0.1) is 6.42 Å². The molecule has 0 bridgehead atoms. The number of allylic oxidation sites excluding steroid dienone is 23. The molecule has 0 aliphatic heterocycles. The van der Waals surface area contributed by atoms with Crippen LogP contribution in [-0.4, -0.2) is 37.2 Å². The highest BCUT2D eigenvalue weighted by molar-refractivity contribution is 5.72. The van der Waals surface area contributed by atoms with Crippen molar-refractivity contribution in [1.29, 1.82) is 0 Å². The molecule has 0 aliphatic carbocycles. The van der Waals surface area contributed by atoms with Gasteiger partial charge in [-0.05, 0) is 116 Å². The maximum absolute atomic E-state index is 12.8. The van der Waals surface area contributed by atoms with Gasteiger partial charge in [0.2, 0.25) is 0 Å². The molecule has 6 nitrogen and oxygen atoms in total. The van der Waals surface area contributed by atoms with Crippen molar-refractivity contribution in [1.82, 2.24) is 0 Å². The quantitative estimate of drug-likeness (QED) is 0.0261. The minimum atomic E-state index is -0.842. The van der Waals surface area contributed by atoms with E-state index in [4.69, 9.17) is 14.2 Å². The lowest BCUT2D eigenvalue weighted by molar-refractivity contribution is -0.166. The molecule has 1 atom stereocenters. The van der Waals surface area contributed by atoms with E-state index in [0.29, 0.717) is 19.3 Å². The first kappa shape index (κ1) is 77.3. The average molecular weight is 1130 g/mol. The van der Waals surface area contributed by atoms with Gasteiger partial charge in [0.15, 0.2) is 6.10 Å². The number of esters is 3. The predicted molar refractivity (Wildman–Crippen MR) is 357 cm³/mol. The van der Waals surface area contributed by atoms with E-state index < -0.39 is 12.1 Å².